The quantitative estimate of drug-likeness (QED) is 0.909. The summed E-state index contributed by atoms with van der Waals surface area (Å²) in [6.07, 6.45) is -0.0437. The molecule has 0 radical (unpaired) electrons. The molecule has 1 aliphatic carbocycles. The number of nitrogens with zero attached hydrogens (tertiary/aromatic N) is 3. The zero-order valence-electron chi connectivity index (χ0n) is 14.1. The maximum atomic E-state index is 12.8. The van der Waals surface area contributed by atoms with E-state index < -0.39 is 17.6 Å². The Bertz CT molecular complexity index is 826. The van der Waals surface area contributed by atoms with Crippen molar-refractivity contribution >= 4 is 5.91 Å². The van der Waals surface area contributed by atoms with Crippen molar-refractivity contribution in [2.45, 2.75) is 56.8 Å². The van der Waals surface area contributed by atoms with Crippen LogP contribution in [0.3, 0.4) is 0 Å². The molecule has 1 aromatic carbocycles. The van der Waals surface area contributed by atoms with Gasteiger partial charge in [-0.25, -0.2) is 0 Å². The summed E-state index contributed by atoms with van der Waals surface area (Å²) in [5.74, 6) is 2.00. The maximum Gasteiger partial charge on any atom is 0.416 e. The minimum absolute atomic E-state index is 0.0298. The SMILES string of the molecule is O=C(NC1CCc2nnc(C3CC3)n2CC1)c1cccc(C(F)(F)F)c1. The van der Waals surface area contributed by atoms with E-state index in [9.17, 15) is 18.0 Å². The van der Waals surface area contributed by atoms with Crippen LogP contribution in [-0.4, -0.2) is 26.7 Å². The maximum absolute atomic E-state index is 12.8. The van der Waals surface area contributed by atoms with Crippen molar-refractivity contribution in [3.05, 3.63) is 47.0 Å². The zero-order chi connectivity index (χ0) is 18.3. The molecule has 0 spiro atoms. The Morgan fingerprint density at radius 2 is 1.96 bits per heavy atom. The highest BCUT2D eigenvalue weighted by Crippen LogP contribution is 2.39. The second-order valence-corrected chi connectivity index (χ2v) is 6.98. The van der Waals surface area contributed by atoms with Gasteiger partial charge in [-0.1, -0.05) is 6.07 Å². The van der Waals surface area contributed by atoms with E-state index in [-0.39, 0.29) is 11.6 Å². The highest BCUT2D eigenvalue weighted by molar-refractivity contribution is 5.94. The number of halogens is 3. The Hall–Kier alpha value is -2.38. The van der Waals surface area contributed by atoms with E-state index in [0.717, 1.165) is 49.6 Å². The Balaban J connectivity index is 1.43. The Morgan fingerprint density at radius 1 is 1.15 bits per heavy atom. The lowest BCUT2D eigenvalue weighted by Crippen LogP contribution is -2.35. The molecule has 0 bridgehead atoms. The predicted octanol–water partition coefficient (Wildman–Crippen LogP) is 3.31. The number of carbonyl (C=O) groups is 1. The molecule has 2 aliphatic rings. The van der Waals surface area contributed by atoms with Crippen molar-refractivity contribution < 1.29 is 18.0 Å². The van der Waals surface area contributed by atoms with Gasteiger partial charge in [-0.3, -0.25) is 4.79 Å². The van der Waals surface area contributed by atoms with Gasteiger partial charge >= 0.3 is 6.18 Å². The van der Waals surface area contributed by atoms with Crippen LogP contribution in [0.4, 0.5) is 13.2 Å². The fourth-order valence-electron chi connectivity index (χ4n) is 3.40. The number of rotatable bonds is 3. The number of aryl methyl sites for hydroxylation is 1. The third kappa shape index (κ3) is 3.45. The molecule has 2 heterocycles. The summed E-state index contributed by atoms with van der Waals surface area (Å²) in [5.41, 5.74) is -0.784. The molecule has 4 rings (SSSR count). The standard InChI is InChI=1S/C18H19F3N4O/c19-18(20,21)13-3-1-2-12(10-13)17(26)22-14-6-7-15-23-24-16(11-4-5-11)25(15)9-8-14/h1-3,10-11,14H,4-9H2,(H,22,26). The summed E-state index contributed by atoms with van der Waals surface area (Å²) < 4.78 is 40.6. The fraction of sp³-hybridized carbons (Fsp3) is 0.500. The first-order chi connectivity index (χ1) is 12.4. The van der Waals surface area contributed by atoms with Gasteiger partial charge in [0, 0.05) is 30.5 Å². The average molecular weight is 364 g/mol. The molecular formula is C18H19F3N4O. The van der Waals surface area contributed by atoms with Crippen molar-refractivity contribution in [1.29, 1.82) is 0 Å². The second-order valence-electron chi connectivity index (χ2n) is 6.98. The first kappa shape index (κ1) is 17.1. The number of carbonyl (C=O) groups excluding carboxylic acids is 1. The molecule has 1 aromatic heterocycles. The van der Waals surface area contributed by atoms with E-state index in [4.69, 9.17) is 0 Å². The van der Waals surface area contributed by atoms with Crippen molar-refractivity contribution in [1.82, 2.24) is 20.1 Å². The molecule has 0 saturated heterocycles. The van der Waals surface area contributed by atoms with Crippen molar-refractivity contribution in [2.75, 3.05) is 0 Å². The number of alkyl halides is 3. The van der Waals surface area contributed by atoms with Gasteiger partial charge in [0.1, 0.15) is 11.6 Å². The zero-order valence-corrected chi connectivity index (χ0v) is 14.1. The average Bonchev–Trinajstić information content (AvgIpc) is 3.40. The number of fused-ring (bicyclic) bond motifs is 1. The van der Waals surface area contributed by atoms with Crippen LogP contribution >= 0.6 is 0 Å². The van der Waals surface area contributed by atoms with Gasteiger partial charge in [0.2, 0.25) is 0 Å². The van der Waals surface area contributed by atoms with Crippen LogP contribution in [0.2, 0.25) is 0 Å². The van der Waals surface area contributed by atoms with Crippen LogP contribution in [0.5, 0.6) is 0 Å². The molecule has 8 heteroatoms. The largest absolute Gasteiger partial charge is 0.416 e. The number of benzene rings is 1. The van der Waals surface area contributed by atoms with E-state index in [1.165, 1.54) is 12.1 Å². The van der Waals surface area contributed by atoms with Crippen LogP contribution in [0.1, 0.15) is 59.2 Å². The molecule has 1 amide bonds. The fourth-order valence-corrected chi connectivity index (χ4v) is 3.40. The number of nitrogens with one attached hydrogen (secondary N) is 1. The van der Waals surface area contributed by atoms with Gasteiger partial charge in [0.25, 0.3) is 5.91 Å². The molecular weight excluding hydrogens is 345 g/mol. The summed E-state index contributed by atoms with van der Waals surface area (Å²) >= 11 is 0. The molecule has 1 unspecified atom stereocenters. The van der Waals surface area contributed by atoms with Gasteiger partial charge in [0.15, 0.2) is 0 Å². The molecule has 1 atom stereocenters. The lowest BCUT2D eigenvalue weighted by molar-refractivity contribution is -0.137. The van der Waals surface area contributed by atoms with Crippen molar-refractivity contribution in [2.24, 2.45) is 0 Å². The highest BCUT2D eigenvalue weighted by atomic mass is 19.4. The Labute approximate surface area is 148 Å². The number of hydrogen-bond acceptors (Lipinski definition) is 3. The van der Waals surface area contributed by atoms with E-state index in [0.29, 0.717) is 18.8 Å². The van der Waals surface area contributed by atoms with Crippen molar-refractivity contribution in [3.8, 4) is 0 Å². The van der Waals surface area contributed by atoms with E-state index in [1.54, 1.807) is 0 Å². The lowest BCUT2D eigenvalue weighted by atomic mass is 10.1. The highest BCUT2D eigenvalue weighted by Gasteiger charge is 2.32. The van der Waals surface area contributed by atoms with Crippen molar-refractivity contribution in [3.63, 3.8) is 0 Å². The van der Waals surface area contributed by atoms with Gasteiger partial charge in [-0.05, 0) is 43.9 Å². The summed E-state index contributed by atoms with van der Waals surface area (Å²) in [6.45, 7) is 0.724. The van der Waals surface area contributed by atoms with Crippen LogP contribution in [0, 0.1) is 0 Å². The van der Waals surface area contributed by atoms with E-state index >= 15 is 0 Å². The number of amides is 1. The van der Waals surface area contributed by atoms with Crippen LogP contribution in [0.25, 0.3) is 0 Å². The smallest absolute Gasteiger partial charge is 0.349 e. The van der Waals surface area contributed by atoms with E-state index in [2.05, 4.69) is 20.1 Å². The second kappa shape index (κ2) is 6.41. The third-order valence-corrected chi connectivity index (χ3v) is 5.00. The summed E-state index contributed by atoms with van der Waals surface area (Å²) in [5, 5.41) is 11.4. The van der Waals surface area contributed by atoms with Crippen LogP contribution < -0.4 is 5.32 Å². The Morgan fingerprint density at radius 3 is 2.69 bits per heavy atom. The predicted molar refractivity (Wildman–Crippen MR) is 87.6 cm³/mol. The first-order valence-electron chi connectivity index (χ1n) is 8.82. The third-order valence-electron chi connectivity index (χ3n) is 5.00. The first-order valence-corrected chi connectivity index (χ1v) is 8.82. The van der Waals surface area contributed by atoms with Crippen LogP contribution in [0.15, 0.2) is 24.3 Å². The van der Waals surface area contributed by atoms with Gasteiger partial charge in [0.05, 0.1) is 5.56 Å². The molecule has 1 aliphatic heterocycles. The van der Waals surface area contributed by atoms with Gasteiger partial charge < -0.3 is 9.88 Å². The normalized spacial score (nSPS) is 20.3. The minimum atomic E-state index is -4.46. The molecule has 138 valence electrons. The van der Waals surface area contributed by atoms with Crippen LogP contribution in [-0.2, 0) is 19.1 Å². The molecule has 2 aromatic rings. The summed E-state index contributed by atoms with van der Waals surface area (Å²) in [4.78, 5) is 12.4. The molecule has 1 saturated carbocycles. The van der Waals surface area contributed by atoms with E-state index in [1.807, 2.05) is 0 Å². The number of aromatic nitrogens is 3. The number of hydrogen-bond donors (Lipinski definition) is 1. The molecule has 5 nitrogen and oxygen atoms in total. The topological polar surface area (TPSA) is 59.8 Å². The van der Waals surface area contributed by atoms with Gasteiger partial charge in [-0.15, -0.1) is 10.2 Å². The van der Waals surface area contributed by atoms with Gasteiger partial charge in [-0.2, -0.15) is 13.2 Å². The minimum Gasteiger partial charge on any atom is -0.349 e. The monoisotopic (exact) mass is 364 g/mol. The summed E-state index contributed by atoms with van der Waals surface area (Å²) in [6, 6.07) is 4.43. The molecule has 26 heavy (non-hydrogen) atoms. The Kier molecular flexibility index (Phi) is 4.20. The summed E-state index contributed by atoms with van der Waals surface area (Å²) in [7, 11) is 0. The lowest BCUT2D eigenvalue weighted by Gasteiger charge is -2.17. The molecule has 1 fully saturated rings. The molecule has 1 N–H and O–H groups in total.